The normalized spacial score (nSPS) is 40.4. The molecule has 100 valence electrons. The van der Waals surface area contributed by atoms with Crippen molar-refractivity contribution in [1.82, 2.24) is 0 Å². The van der Waals surface area contributed by atoms with E-state index in [9.17, 15) is 0 Å². The third kappa shape index (κ3) is 1.32. The van der Waals surface area contributed by atoms with E-state index in [0.717, 1.165) is 17.4 Å². The van der Waals surface area contributed by atoms with Crippen LogP contribution in [0.5, 0.6) is 0 Å². The highest BCUT2D eigenvalue weighted by Gasteiger charge is 2.71. The lowest BCUT2D eigenvalue weighted by molar-refractivity contribution is 0.338. The zero-order chi connectivity index (χ0) is 13.5. The molecule has 18 heavy (non-hydrogen) atoms. The Kier molecular flexibility index (Phi) is 2.28. The van der Waals surface area contributed by atoms with Crippen LogP contribution in [0.3, 0.4) is 0 Å². The highest BCUT2D eigenvalue weighted by Crippen LogP contribution is 2.79. The van der Waals surface area contributed by atoms with Gasteiger partial charge in [0.1, 0.15) is 0 Å². The largest absolute Gasteiger partial charge is 0.0763 e. The van der Waals surface area contributed by atoms with Crippen LogP contribution in [-0.2, 0) is 0 Å². The van der Waals surface area contributed by atoms with Crippen molar-refractivity contribution < 1.29 is 0 Å². The maximum absolute atomic E-state index is 2.68. The van der Waals surface area contributed by atoms with Gasteiger partial charge in [0.15, 0.2) is 0 Å². The van der Waals surface area contributed by atoms with Crippen molar-refractivity contribution in [3.63, 3.8) is 0 Å². The second-order valence-electron chi connectivity index (χ2n) is 8.73. The summed E-state index contributed by atoms with van der Waals surface area (Å²) in [7, 11) is -1.08. The molecule has 0 aromatic heterocycles. The van der Waals surface area contributed by atoms with E-state index in [1.54, 1.807) is 11.1 Å². The van der Waals surface area contributed by atoms with Crippen molar-refractivity contribution in [3.8, 4) is 0 Å². The molecule has 0 heterocycles. The maximum atomic E-state index is 2.68. The molecular weight excluding hydrogens is 232 g/mol. The smallest absolute Gasteiger partial charge is 0.0558 e. The van der Waals surface area contributed by atoms with Gasteiger partial charge < -0.3 is 0 Å². The summed E-state index contributed by atoms with van der Waals surface area (Å²) in [5.74, 6) is 1.73. The van der Waals surface area contributed by atoms with Crippen LogP contribution in [0.1, 0.15) is 34.1 Å². The molecule has 0 aromatic carbocycles. The Morgan fingerprint density at radius 2 is 1.67 bits per heavy atom. The minimum atomic E-state index is -1.08. The molecule has 3 aliphatic carbocycles. The minimum Gasteiger partial charge on any atom is -0.0763 e. The van der Waals surface area contributed by atoms with Gasteiger partial charge in [-0.25, -0.2) is 0 Å². The lowest BCUT2D eigenvalue weighted by atomic mass is 9.82. The van der Waals surface area contributed by atoms with Gasteiger partial charge in [0.25, 0.3) is 0 Å². The van der Waals surface area contributed by atoms with Crippen LogP contribution in [0.4, 0.5) is 0 Å². The van der Waals surface area contributed by atoms with E-state index in [1.165, 1.54) is 6.42 Å². The zero-order valence-corrected chi connectivity index (χ0v) is 14.1. The molecule has 0 radical (unpaired) electrons. The topological polar surface area (TPSA) is 0 Å². The average molecular weight is 260 g/mol. The first-order valence-electron chi connectivity index (χ1n) is 7.57. The van der Waals surface area contributed by atoms with E-state index in [2.05, 4.69) is 59.5 Å². The van der Waals surface area contributed by atoms with Crippen molar-refractivity contribution in [2.24, 2.45) is 22.7 Å². The van der Waals surface area contributed by atoms with Crippen LogP contribution in [0.15, 0.2) is 23.3 Å². The Morgan fingerprint density at radius 1 is 1.11 bits per heavy atom. The fourth-order valence-corrected chi connectivity index (χ4v) is 6.00. The molecule has 3 atom stereocenters. The molecule has 3 aliphatic rings. The van der Waals surface area contributed by atoms with Crippen LogP contribution < -0.4 is 0 Å². The van der Waals surface area contributed by atoms with Crippen molar-refractivity contribution in [2.45, 2.75) is 59.3 Å². The van der Waals surface area contributed by atoms with Crippen molar-refractivity contribution in [2.75, 3.05) is 0 Å². The predicted octanol–water partition coefficient (Wildman–Crippen LogP) is 5.26. The van der Waals surface area contributed by atoms with E-state index in [-0.39, 0.29) is 0 Å². The van der Waals surface area contributed by atoms with Crippen LogP contribution in [0.2, 0.25) is 25.2 Å². The first-order chi connectivity index (χ1) is 8.11. The second-order valence-corrected chi connectivity index (χ2v) is 14.1. The van der Waals surface area contributed by atoms with Crippen molar-refractivity contribution >= 4 is 8.07 Å². The molecule has 0 unspecified atom stereocenters. The molecule has 0 amide bonds. The van der Waals surface area contributed by atoms with E-state index >= 15 is 0 Å². The van der Waals surface area contributed by atoms with Gasteiger partial charge in [-0.3, -0.25) is 0 Å². The number of allylic oxidation sites excluding steroid dienone is 4. The summed E-state index contributed by atoms with van der Waals surface area (Å²) < 4.78 is 0. The summed E-state index contributed by atoms with van der Waals surface area (Å²) >= 11 is 0. The zero-order valence-electron chi connectivity index (χ0n) is 13.1. The molecule has 0 aliphatic heterocycles. The van der Waals surface area contributed by atoms with Gasteiger partial charge in [0, 0.05) is 5.41 Å². The molecule has 0 spiro atoms. The van der Waals surface area contributed by atoms with Crippen LogP contribution in [0, 0.1) is 22.7 Å². The molecule has 0 N–H and O–H groups in total. The van der Waals surface area contributed by atoms with Crippen molar-refractivity contribution in [1.29, 1.82) is 0 Å². The minimum absolute atomic E-state index is 0.435. The van der Waals surface area contributed by atoms with Gasteiger partial charge in [-0.2, -0.15) is 0 Å². The molecule has 0 nitrogen and oxygen atoms in total. The van der Waals surface area contributed by atoms with Gasteiger partial charge in [-0.05, 0) is 40.4 Å². The molecule has 3 rings (SSSR count). The number of hydrogen-bond acceptors (Lipinski definition) is 0. The summed E-state index contributed by atoms with van der Waals surface area (Å²) in [6, 6.07) is 0. The summed E-state index contributed by atoms with van der Waals surface area (Å²) in [4.78, 5) is 0. The lowest BCUT2D eigenvalue weighted by Gasteiger charge is -2.25. The van der Waals surface area contributed by atoms with Gasteiger partial charge >= 0.3 is 0 Å². The molecule has 0 bridgehead atoms. The molecule has 1 heteroatoms. The third-order valence-electron chi connectivity index (χ3n) is 6.08. The van der Waals surface area contributed by atoms with Gasteiger partial charge in [-0.1, -0.05) is 59.5 Å². The van der Waals surface area contributed by atoms with Crippen LogP contribution >= 0.6 is 0 Å². The van der Waals surface area contributed by atoms with E-state index in [4.69, 9.17) is 0 Å². The number of fused-ring (bicyclic) bond motifs is 3. The summed E-state index contributed by atoms with van der Waals surface area (Å²) in [5.41, 5.74) is 5.26. The molecular formula is C17H28Si. The predicted molar refractivity (Wildman–Crippen MR) is 82.4 cm³/mol. The summed E-state index contributed by atoms with van der Waals surface area (Å²) in [5, 5.41) is 0. The van der Waals surface area contributed by atoms with Crippen LogP contribution in [-0.4, -0.2) is 8.07 Å². The number of hydrogen-bond donors (Lipinski definition) is 0. The van der Waals surface area contributed by atoms with Gasteiger partial charge in [0.2, 0.25) is 0 Å². The first kappa shape index (κ1) is 12.7. The fraction of sp³-hybridized carbons (Fsp3) is 0.765. The van der Waals surface area contributed by atoms with Crippen molar-refractivity contribution in [3.05, 3.63) is 23.3 Å². The van der Waals surface area contributed by atoms with E-state index in [0.29, 0.717) is 10.8 Å². The maximum Gasteiger partial charge on any atom is 0.0558 e. The fourth-order valence-electron chi connectivity index (χ4n) is 4.67. The van der Waals surface area contributed by atoms with Crippen LogP contribution in [0.25, 0.3) is 0 Å². The van der Waals surface area contributed by atoms with E-state index in [1.807, 2.05) is 0 Å². The standard InChI is InChI=1S/C17H28Si/c1-11(2)17-10-15(17)16(3,4)13-8-12(9-14(13)17)18(5,6)7/h8-9,11-12,15H,10H2,1-7H3/t12-,15-,17-/m1/s1. The van der Waals surface area contributed by atoms with Gasteiger partial charge in [-0.15, -0.1) is 0 Å². The third-order valence-corrected chi connectivity index (χ3v) is 8.42. The molecule has 0 aromatic rings. The quantitative estimate of drug-likeness (QED) is 0.594. The second kappa shape index (κ2) is 3.23. The van der Waals surface area contributed by atoms with Gasteiger partial charge in [0.05, 0.1) is 8.07 Å². The Bertz CT molecular complexity index is 458. The SMILES string of the molecule is CC(C)[C@@]12C[C@@H]1C(C)(C)C1=C[C@@H]([Si](C)(C)C)C=C12. The molecule has 0 saturated heterocycles. The highest BCUT2D eigenvalue weighted by molar-refractivity contribution is 6.78. The molecule has 2 saturated carbocycles. The van der Waals surface area contributed by atoms with E-state index < -0.39 is 8.07 Å². The Morgan fingerprint density at radius 3 is 2.17 bits per heavy atom. The lowest BCUT2D eigenvalue weighted by Crippen LogP contribution is -2.25. The average Bonchev–Trinajstić information content (AvgIpc) is 2.74. The summed E-state index contributed by atoms with van der Waals surface area (Å²) in [6.45, 7) is 17.4. The first-order valence-corrected chi connectivity index (χ1v) is 11.1. The monoisotopic (exact) mass is 260 g/mol. The summed E-state index contributed by atoms with van der Waals surface area (Å²) in [6.07, 6.45) is 6.77. The Labute approximate surface area is 114 Å². The molecule has 2 fully saturated rings. The number of rotatable bonds is 2. The Balaban J connectivity index is 2.08. The highest BCUT2D eigenvalue weighted by atomic mass is 28.3. The Hall–Kier alpha value is -0.303.